The molecule has 1 heterocycles. The third-order valence-corrected chi connectivity index (χ3v) is 3.02. The standard InChI is InChI=1S/C15H17F2N3O2/c1-2-22-13-6-4-3-5-10(13)7-8-18-15(21)12-9-11(14(16)17)19-20-12/h3-6,9,14H,2,7-8H2,1H3,(H,18,21)(H,19,20). The fourth-order valence-electron chi connectivity index (χ4n) is 1.97. The number of hydrogen-bond acceptors (Lipinski definition) is 3. The van der Waals surface area contributed by atoms with Crippen molar-refractivity contribution in [2.45, 2.75) is 19.8 Å². The molecule has 0 unspecified atom stereocenters. The van der Waals surface area contributed by atoms with E-state index in [-0.39, 0.29) is 11.4 Å². The minimum Gasteiger partial charge on any atom is -0.494 e. The minimum atomic E-state index is -2.67. The highest BCUT2D eigenvalue weighted by atomic mass is 19.3. The first-order valence-corrected chi connectivity index (χ1v) is 6.94. The number of hydrogen-bond donors (Lipinski definition) is 2. The monoisotopic (exact) mass is 309 g/mol. The number of benzene rings is 1. The molecule has 0 fully saturated rings. The second-order valence-corrected chi connectivity index (χ2v) is 4.56. The van der Waals surface area contributed by atoms with Crippen LogP contribution in [0.25, 0.3) is 0 Å². The summed E-state index contributed by atoms with van der Waals surface area (Å²) >= 11 is 0. The van der Waals surface area contributed by atoms with E-state index in [1.54, 1.807) is 0 Å². The molecule has 0 radical (unpaired) electrons. The average Bonchev–Trinajstić information content (AvgIpc) is 2.99. The number of halogens is 2. The molecule has 0 saturated heterocycles. The van der Waals surface area contributed by atoms with E-state index in [9.17, 15) is 13.6 Å². The third-order valence-electron chi connectivity index (χ3n) is 3.02. The molecule has 0 spiro atoms. The van der Waals surface area contributed by atoms with Crippen LogP contribution in [0.4, 0.5) is 8.78 Å². The zero-order chi connectivity index (χ0) is 15.9. The fraction of sp³-hybridized carbons (Fsp3) is 0.333. The van der Waals surface area contributed by atoms with Crippen LogP contribution in [0, 0.1) is 0 Å². The molecule has 7 heteroatoms. The highest BCUT2D eigenvalue weighted by Crippen LogP contribution is 2.18. The molecular formula is C15H17F2N3O2. The molecule has 2 N–H and O–H groups in total. The number of nitrogens with one attached hydrogen (secondary N) is 2. The first kappa shape index (κ1) is 15.9. The first-order chi connectivity index (χ1) is 10.6. The lowest BCUT2D eigenvalue weighted by atomic mass is 10.1. The number of H-pyrrole nitrogens is 1. The van der Waals surface area contributed by atoms with Crippen molar-refractivity contribution < 1.29 is 18.3 Å². The van der Waals surface area contributed by atoms with Crippen LogP contribution in [0.5, 0.6) is 5.75 Å². The zero-order valence-electron chi connectivity index (χ0n) is 12.1. The number of amides is 1. The Morgan fingerprint density at radius 2 is 2.18 bits per heavy atom. The SMILES string of the molecule is CCOc1ccccc1CCNC(=O)c1cc(C(F)F)[nH]n1. The van der Waals surface area contributed by atoms with Crippen LogP contribution in [0.1, 0.15) is 35.1 Å². The molecule has 1 amide bonds. The fourth-order valence-corrected chi connectivity index (χ4v) is 1.97. The van der Waals surface area contributed by atoms with Crippen molar-refractivity contribution in [2.75, 3.05) is 13.2 Å². The number of carbonyl (C=O) groups excluding carboxylic acids is 1. The topological polar surface area (TPSA) is 67.0 Å². The minimum absolute atomic E-state index is 0.0478. The summed E-state index contributed by atoms with van der Waals surface area (Å²) < 4.78 is 30.3. The molecule has 2 rings (SSSR count). The van der Waals surface area contributed by atoms with Crippen LogP contribution in [0.3, 0.4) is 0 Å². The largest absolute Gasteiger partial charge is 0.494 e. The molecular weight excluding hydrogens is 292 g/mol. The molecule has 0 aliphatic rings. The normalized spacial score (nSPS) is 10.7. The van der Waals surface area contributed by atoms with Crippen molar-refractivity contribution in [3.63, 3.8) is 0 Å². The molecule has 2 aromatic rings. The predicted molar refractivity (Wildman–Crippen MR) is 77.2 cm³/mol. The van der Waals surface area contributed by atoms with Crippen LogP contribution in [-0.4, -0.2) is 29.3 Å². The number of rotatable bonds is 7. The Hall–Kier alpha value is -2.44. The number of para-hydroxylation sites is 1. The molecule has 0 atom stereocenters. The van der Waals surface area contributed by atoms with Crippen LogP contribution in [0.15, 0.2) is 30.3 Å². The Morgan fingerprint density at radius 1 is 1.41 bits per heavy atom. The molecule has 5 nitrogen and oxygen atoms in total. The van der Waals surface area contributed by atoms with Gasteiger partial charge in [-0.1, -0.05) is 18.2 Å². The summed E-state index contributed by atoms with van der Waals surface area (Å²) in [5.41, 5.74) is 0.556. The number of ether oxygens (including phenoxy) is 1. The number of nitrogens with zero attached hydrogens (tertiary/aromatic N) is 1. The van der Waals surface area contributed by atoms with Gasteiger partial charge in [0.1, 0.15) is 17.1 Å². The van der Waals surface area contributed by atoms with Crippen molar-refractivity contribution in [1.29, 1.82) is 0 Å². The lowest BCUT2D eigenvalue weighted by molar-refractivity contribution is 0.0949. The van der Waals surface area contributed by atoms with E-state index in [0.29, 0.717) is 19.6 Å². The van der Waals surface area contributed by atoms with E-state index in [2.05, 4.69) is 15.5 Å². The quantitative estimate of drug-likeness (QED) is 0.826. The number of carbonyl (C=O) groups is 1. The Kier molecular flexibility index (Phi) is 5.46. The molecule has 0 aliphatic heterocycles. The van der Waals surface area contributed by atoms with Crippen molar-refractivity contribution >= 4 is 5.91 Å². The molecule has 0 bridgehead atoms. The van der Waals surface area contributed by atoms with E-state index >= 15 is 0 Å². The van der Waals surface area contributed by atoms with E-state index in [1.807, 2.05) is 31.2 Å². The van der Waals surface area contributed by atoms with Gasteiger partial charge in [-0.15, -0.1) is 0 Å². The highest BCUT2D eigenvalue weighted by molar-refractivity contribution is 5.92. The summed E-state index contributed by atoms with van der Waals surface area (Å²) in [6.45, 7) is 2.82. The van der Waals surface area contributed by atoms with E-state index in [0.717, 1.165) is 17.4 Å². The van der Waals surface area contributed by atoms with E-state index in [4.69, 9.17) is 4.74 Å². The van der Waals surface area contributed by atoms with Crippen LogP contribution < -0.4 is 10.1 Å². The van der Waals surface area contributed by atoms with Gasteiger partial charge in [0.15, 0.2) is 0 Å². The maximum absolute atomic E-state index is 12.4. The summed E-state index contributed by atoms with van der Waals surface area (Å²) in [5.74, 6) is 0.288. The average molecular weight is 309 g/mol. The Balaban J connectivity index is 1.89. The number of aromatic nitrogens is 2. The summed E-state index contributed by atoms with van der Waals surface area (Å²) in [6.07, 6.45) is -2.10. The van der Waals surface area contributed by atoms with Gasteiger partial charge < -0.3 is 10.1 Å². The zero-order valence-corrected chi connectivity index (χ0v) is 12.1. The number of alkyl halides is 2. The van der Waals surface area contributed by atoms with Crippen molar-refractivity contribution in [3.05, 3.63) is 47.3 Å². The second kappa shape index (κ2) is 7.53. The molecule has 22 heavy (non-hydrogen) atoms. The summed E-state index contributed by atoms with van der Waals surface area (Å²) in [7, 11) is 0. The molecule has 0 aliphatic carbocycles. The van der Waals surface area contributed by atoms with Crippen molar-refractivity contribution in [3.8, 4) is 5.75 Å². The first-order valence-electron chi connectivity index (χ1n) is 6.94. The van der Waals surface area contributed by atoms with Gasteiger partial charge in [0.2, 0.25) is 0 Å². The Labute approximate surface area is 126 Å². The van der Waals surface area contributed by atoms with Gasteiger partial charge >= 0.3 is 0 Å². The smallest absolute Gasteiger partial charge is 0.279 e. The Morgan fingerprint density at radius 3 is 2.86 bits per heavy atom. The third kappa shape index (κ3) is 4.03. The van der Waals surface area contributed by atoms with Crippen LogP contribution in [-0.2, 0) is 6.42 Å². The van der Waals surface area contributed by atoms with Gasteiger partial charge in [0.25, 0.3) is 12.3 Å². The maximum Gasteiger partial charge on any atom is 0.279 e. The summed E-state index contributed by atoms with van der Waals surface area (Å²) in [6, 6.07) is 8.60. The predicted octanol–water partition coefficient (Wildman–Crippen LogP) is 2.72. The van der Waals surface area contributed by atoms with Gasteiger partial charge in [0, 0.05) is 6.54 Å². The lowest BCUT2D eigenvalue weighted by Crippen LogP contribution is -2.26. The lowest BCUT2D eigenvalue weighted by Gasteiger charge is -2.10. The molecule has 1 aromatic carbocycles. The van der Waals surface area contributed by atoms with Gasteiger partial charge in [-0.2, -0.15) is 5.10 Å². The number of aromatic amines is 1. The summed E-state index contributed by atoms with van der Waals surface area (Å²) in [5, 5.41) is 8.35. The van der Waals surface area contributed by atoms with E-state index < -0.39 is 12.3 Å². The van der Waals surface area contributed by atoms with Crippen LogP contribution >= 0.6 is 0 Å². The molecule has 118 valence electrons. The van der Waals surface area contributed by atoms with Crippen LogP contribution in [0.2, 0.25) is 0 Å². The van der Waals surface area contributed by atoms with Gasteiger partial charge in [-0.25, -0.2) is 8.78 Å². The Bertz CT molecular complexity index is 629. The van der Waals surface area contributed by atoms with E-state index in [1.165, 1.54) is 0 Å². The van der Waals surface area contributed by atoms with Gasteiger partial charge in [-0.05, 0) is 31.0 Å². The summed E-state index contributed by atoms with van der Waals surface area (Å²) in [4.78, 5) is 11.8. The van der Waals surface area contributed by atoms with Crippen molar-refractivity contribution in [2.24, 2.45) is 0 Å². The van der Waals surface area contributed by atoms with Crippen molar-refractivity contribution in [1.82, 2.24) is 15.5 Å². The highest BCUT2D eigenvalue weighted by Gasteiger charge is 2.15. The maximum atomic E-state index is 12.4. The molecule has 0 saturated carbocycles. The van der Waals surface area contributed by atoms with Gasteiger partial charge in [-0.3, -0.25) is 9.89 Å². The molecule has 1 aromatic heterocycles. The van der Waals surface area contributed by atoms with Gasteiger partial charge in [0.05, 0.1) is 6.61 Å². The second-order valence-electron chi connectivity index (χ2n) is 4.56.